The average molecular weight is 281 g/mol. The Hall–Kier alpha value is -1.36. The molecule has 0 amide bonds. The molecule has 5 heteroatoms. The zero-order chi connectivity index (χ0) is 11.4. The lowest BCUT2D eigenvalue weighted by atomic mass is 10.3. The van der Waals surface area contributed by atoms with Gasteiger partial charge in [0.15, 0.2) is 0 Å². The second-order valence-corrected chi connectivity index (χ2v) is 4.37. The van der Waals surface area contributed by atoms with Crippen LogP contribution in [0.15, 0.2) is 29.1 Å². The first-order chi connectivity index (χ1) is 7.75. The van der Waals surface area contributed by atoms with Gasteiger partial charge in [-0.2, -0.15) is 0 Å². The summed E-state index contributed by atoms with van der Waals surface area (Å²) < 4.78 is 1.03. The van der Waals surface area contributed by atoms with E-state index in [9.17, 15) is 0 Å². The van der Waals surface area contributed by atoms with Crippen LogP contribution in [0.2, 0.25) is 0 Å². The minimum Gasteiger partial charge on any atom is -0.370 e. The third-order valence-electron chi connectivity index (χ3n) is 2.28. The van der Waals surface area contributed by atoms with Crippen LogP contribution in [0, 0.1) is 6.92 Å². The van der Waals surface area contributed by atoms with Crippen molar-refractivity contribution in [2.45, 2.75) is 13.3 Å². The summed E-state index contributed by atoms with van der Waals surface area (Å²) in [6.07, 6.45) is 4.44. The van der Waals surface area contributed by atoms with Crippen LogP contribution in [0.1, 0.15) is 11.4 Å². The molecule has 0 fully saturated rings. The quantitative estimate of drug-likeness (QED) is 0.905. The highest BCUT2D eigenvalue weighted by Crippen LogP contribution is 2.15. The van der Waals surface area contributed by atoms with Crippen molar-refractivity contribution in [1.29, 1.82) is 0 Å². The van der Waals surface area contributed by atoms with Crippen LogP contribution in [0.3, 0.4) is 0 Å². The van der Waals surface area contributed by atoms with Gasteiger partial charge < -0.3 is 10.3 Å². The Kier molecular flexibility index (Phi) is 3.56. The van der Waals surface area contributed by atoms with Gasteiger partial charge in [-0.25, -0.2) is 9.97 Å². The molecule has 2 N–H and O–H groups in total. The Morgan fingerprint density at radius 1 is 1.44 bits per heavy atom. The Bertz CT molecular complexity index is 453. The molecule has 2 aromatic heterocycles. The van der Waals surface area contributed by atoms with Gasteiger partial charge in [0.05, 0.1) is 12.0 Å². The van der Waals surface area contributed by atoms with E-state index < -0.39 is 0 Å². The lowest BCUT2D eigenvalue weighted by Crippen LogP contribution is -2.06. The number of pyridine rings is 1. The van der Waals surface area contributed by atoms with Crippen molar-refractivity contribution in [3.8, 4) is 0 Å². The molecule has 4 nitrogen and oxygen atoms in total. The van der Waals surface area contributed by atoms with E-state index in [4.69, 9.17) is 0 Å². The molecule has 0 saturated heterocycles. The predicted molar refractivity (Wildman–Crippen MR) is 67.5 cm³/mol. The van der Waals surface area contributed by atoms with E-state index in [1.54, 1.807) is 6.33 Å². The Morgan fingerprint density at radius 2 is 2.31 bits per heavy atom. The van der Waals surface area contributed by atoms with Crippen molar-refractivity contribution >= 4 is 21.7 Å². The summed E-state index contributed by atoms with van der Waals surface area (Å²) in [7, 11) is 0. The lowest BCUT2D eigenvalue weighted by Gasteiger charge is -2.06. The number of anilines is 1. The highest BCUT2D eigenvalue weighted by molar-refractivity contribution is 9.10. The van der Waals surface area contributed by atoms with Crippen LogP contribution in [0.4, 0.5) is 5.82 Å². The van der Waals surface area contributed by atoms with Gasteiger partial charge in [0.1, 0.15) is 5.82 Å². The summed E-state index contributed by atoms with van der Waals surface area (Å²) >= 11 is 3.43. The number of aromatic nitrogens is 3. The van der Waals surface area contributed by atoms with Crippen LogP contribution < -0.4 is 5.32 Å². The molecule has 2 heterocycles. The molecule has 84 valence electrons. The molecular formula is C11H13BrN4. The van der Waals surface area contributed by atoms with E-state index >= 15 is 0 Å². The van der Waals surface area contributed by atoms with Gasteiger partial charge in [0.2, 0.25) is 0 Å². The number of aromatic amines is 1. The molecule has 0 atom stereocenters. The second-order valence-electron chi connectivity index (χ2n) is 3.52. The first kappa shape index (κ1) is 11.1. The maximum absolute atomic E-state index is 4.41. The number of imidazole rings is 1. The molecule has 2 aromatic rings. The van der Waals surface area contributed by atoms with Crippen LogP contribution >= 0.6 is 15.9 Å². The van der Waals surface area contributed by atoms with Gasteiger partial charge >= 0.3 is 0 Å². The van der Waals surface area contributed by atoms with Crippen molar-refractivity contribution in [2.24, 2.45) is 0 Å². The zero-order valence-electron chi connectivity index (χ0n) is 9.00. The topological polar surface area (TPSA) is 53.6 Å². The monoisotopic (exact) mass is 280 g/mol. The number of aryl methyl sites for hydroxylation is 1. The Morgan fingerprint density at radius 3 is 3.00 bits per heavy atom. The molecule has 0 spiro atoms. The maximum atomic E-state index is 4.41. The highest BCUT2D eigenvalue weighted by atomic mass is 79.9. The van der Waals surface area contributed by atoms with Gasteiger partial charge in [-0.15, -0.1) is 0 Å². The first-order valence-corrected chi connectivity index (χ1v) is 5.89. The minimum absolute atomic E-state index is 0.844. The van der Waals surface area contributed by atoms with Crippen LogP contribution in [0.25, 0.3) is 0 Å². The third kappa shape index (κ3) is 2.82. The summed E-state index contributed by atoms with van der Waals surface area (Å²) in [6.45, 7) is 2.82. The Labute approximate surface area is 103 Å². The molecule has 2 rings (SSSR count). The summed E-state index contributed by atoms with van der Waals surface area (Å²) in [5.41, 5.74) is 2.12. The third-order valence-corrected chi connectivity index (χ3v) is 3.11. The normalized spacial score (nSPS) is 10.4. The highest BCUT2D eigenvalue weighted by Gasteiger charge is 1.99. The van der Waals surface area contributed by atoms with E-state index in [1.807, 2.05) is 25.3 Å². The fourth-order valence-corrected chi connectivity index (χ4v) is 1.61. The fourth-order valence-electron chi connectivity index (χ4n) is 1.39. The van der Waals surface area contributed by atoms with Gasteiger partial charge in [-0.1, -0.05) is 0 Å². The van der Waals surface area contributed by atoms with E-state index in [-0.39, 0.29) is 0 Å². The van der Waals surface area contributed by atoms with Gasteiger partial charge in [0, 0.05) is 29.3 Å². The van der Waals surface area contributed by atoms with Crippen molar-refractivity contribution in [3.63, 3.8) is 0 Å². The number of nitrogens with one attached hydrogen (secondary N) is 2. The molecular weight excluding hydrogens is 268 g/mol. The summed E-state index contributed by atoms with van der Waals surface area (Å²) in [5, 5.41) is 3.27. The van der Waals surface area contributed by atoms with Crippen molar-refractivity contribution in [1.82, 2.24) is 15.0 Å². The van der Waals surface area contributed by atoms with Crippen molar-refractivity contribution < 1.29 is 0 Å². The smallest absolute Gasteiger partial charge is 0.126 e. The van der Waals surface area contributed by atoms with E-state index in [0.717, 1.165) is 34.6 Å². The zero-order valence-corrected chi connectivity index (χ0v) is 10.6. The molecule has 0 radical (unpaired) electrons. The van der Waals surface area contributed by atoms with E-state index in [2.05, 4.69) is 36.2 Å². The molecule has 0 saturated carbocycles. The summed E-state index contributed by atoms with van der Waals surface area (Å²) in [4.78, 5) is 11.4. The van der Waals surface area contributed by atoms with Crippen molar-refractivity contribution in [3.05, 3.63) is 40.5 Å². The molecule has 0 aliphatic carbocycles. The molecule has 0 aliphatic rings. The van der Waals surface area contributed by atoms with Crippen LogP contribution in [-0.2, 0) is 6.42 Å². The molecule has 16 heavy (non-hydrogen) atoms. The number of nitrogens with zero attached hydrogens (tertiary/aromatic N) is 2. The first-order valence-electron chi connectivity index (χ1n) is 5.10. The fraction of sp³-hybridized carbons (Fsp3) is 0.273. The molecule has 0 unspecified atom stereocenters. The maximum Gasteiger partial charge on any atom is 0.126 e. The average Bonchev–Trinajstić information content (AvgIpc) is 2.76. The number of halogens is 1. The standard InChI is InChI=1S/C11H13BrN4/c1-8-10(12)2-3-11(16-8)14-5-4-9-6-13-7-15-9/h2-3,6-7H,4-5H2,1H3,(H,13,15)(H,14,16). The number of rotatable bonds is 4. The van der Waals surface area contributed by atoms with Gasteiger partial charge in [0.25, 0.3) is 0 Å². The second kappa shape index (κ2) is 5.12. The molecule has 0 bridgehead atoms. The largest absolute Gasteiger partial charge is 0.370 e. The lowest BCUT2D eigenvalue weighted by molar-refractivity contribution is 0.964. The number of H-pyrrole nitrogens is 1. The van der Waals surface area contributed by atoms with E-state index in [0.29, 0.717) is 0 Å². The van der Waals surface area contributed by atoms with Crippen LogP contribution in [-0.4, -0.2) is 21.5 Å². The van der Waals surface area contributed by atoms with Gasteiger partial charge in [-0.05, 0) is 35.0 Å². The minimum atomic E-state index is 0.844. The van der Waals surface area contributed by atoms with Crippen LogP contribution in [0.5, 0.6) is 0 Å². The SMILES string of the molecule is Cc1nc(NCCc2cnc[nH]2)ccc1Br. The predicted octanol–water partition coefficient (Wildman–Crippen LogP) is 2.53. The molecule has 0 aliphatic heterocycles. The number of hydrogen-bond acceptors (Lipinski definition) is 3. The number of hydrogen-bond donors (Lipinski definition) is 2. The molecule has 0 aromatic carbocycles. The van der Waals surface area contributed by atoms with Crippen molar-refractivity contribution in [2.75, 3.05) is 11.9 Å². The Balaban J connectivity index is 1.87. The summed E-state index contributed by atoms with van der Waals surface area (Å²) in [6, 6.07) is 3.96. The van der Waals surface area contributed by atoms with Gasteiger partial charge in [-0.3, -0.25) is 0 Å². The van der Waals surface area contributed by atoms with E-state index in [1.165, 1.54) is 0 Å². The summed E-state index contributed by atoms with van der Waals surface area (Å²) in [5.74, 6) is 0.903.